The molecule has 1 aliphatic carbocycles. The minimum absolute atomic E-state index is 0.0871. The van der Waals surface area contributed by atoms with Crippen LogP contribution in [0, 0.1) is 5.82 Å². The molecule has 2 aliphatic rings. The summed E-state index contributed by atoms with van der Waals surface area (Å²) in [5.41, 5.74) is 5.43. The maximum Gasteiger partial charge on any atom is 0.242 e. The molecule has 2 aromatic carbocycles. The summed E-state index contributed by atoms with van der Waals surface area (Å²) in [6.45, 7) is 4.10. The normalized spacial score (nSPS) is 17.3. The van der Waals surface area contributed by atoms with Crippen LogP contribution in [0.5, 0.6) is 17.2 Å². The number of ether oxygens (including phenoxy) is 2. The average molecular weight is 573 g/mol. The van der Waals surface area contributed by atoms with E-state index in [-0.39, 0.29) is 41.6 Å². The van der Waals surface area contributed by atoms with Crippen LogP contribution >= 0.6 is 0 Å². The summed E-state index contributed by atoms with van der Waals surface area (Å²) in [5, 5.41) is 17.1. The summed E-state index contributed by atoms with van der Waals surface area (Å²) in [6, 6.07) is 13.1. The molecule has 1 fully saturated rings. The number of aromatic hydroxyl groups is 1. The second-order valence-corrected chi connectivity index (χ2v) is 10.8. The van der Waals surface area contributed by atoms with Crippen LogP contribution in [0.1, 0.15) is 42.1 Å². The standard InChI is InChI=1S/C33H37FN4O4/c1-20-26(15-21-16-28(41-3)32(39)29(17-21)42-4)25-9-8-22(34)18-27(25)30(20)31(37-23-10-13-38(2)14-11-23)33(40)36-19-24-7-5-6-12-35-24/h5-9,12,15-18,23,31,37,39H,10-11,13-14,19H2,1-4H3,(H,36,40). The molecule has 220 valence electrons. The number of aromatic nitrogens is 1. The van der Waals surface area contributed by atoms with Crippen molar-refractivity contribution in [1.29, 1.82) is 0 Å². The Balaban J connectivity index is 1.58. The molecule has 0 saturated carbocycles. The first-order chi connectivity index (χ1) is 20.3. The zero-order chi connectivity index (χ0) is 29.8. The van der Waals surface area contributed by atoms with Crippen molar-refractivity contribution in [3.63, 3.8) is 0 Å². The predicted molar refractivity (Wildman–Crippen MR) is 162 cm³/mol. The Morgan fingerprint density at radius 1 is 1.12 bits per heavy atom. The number of phenolic OH excluding ortho intramolecular Hbond substituents is 1. The number of piperidine rings is 1. The molecule has 1 aliphatic heterocycles. The van der Waals surface area contributed by atoms with Gasteiger partial charge in [-0.2, -0.15) is 0 Å². The van der Waals surface area contributed by atoms with E-state index in [1.807, 2.05) is 31.2 Å². The van der Waals surface area contributed by atoms with Crippen molar-refractivity contribution in [1.82, 2.24) is 20.5 Å². The molecular weight excluding hydrogens is 535 g/mol. The minimum Gasteiger partial charge on any atom is -0.502 e. The quantitative estimate of drug-likeness (QED) is 0.344. The number of fused-ring (bicyclic) bond motifs is 1. The van der Waals surface area contributed by atoms with E-state index in [0.29, 0.717) is 5.56 Å². The summed E-state index contributed by atoms with van der Waals surface area (Å²) in [5.74, 6) is -0.110. The van der Waals surface area contributed by atoms with Gasteiger partial charge in [0, 0.05) is 12.2 Å². The number of halogens is 1. The fourth-order valence-corrected chi connectivity index (χ4v) is 5.73. The molecule has 0 radical (unpaired) electrons. The molecule has 3 aromatic rings. The van der Waals surface area contributed by atoms with Gasteiger partial charge in [-0.15, -0.1) is 0 Å². The Labute approximate surface area is 245 Å². The number of rotatable bonds is 9. The second kappa shape index (κ2) is 12.8. The van der Waals surface area contributed by atoms with Crippen molar-refractivity contribution in [3.05, 3.63) is 88.5 Å². The van der Waals surface area contributed by atoms with Gasteiger partial charge < -0.3 is 24.8 Å². The molecule has 2 heterocycles. The molecule has 1 amide bonds. The van der Waals surface area contributed by atoms with Crippen LogP contribution in [-0.2, 0) is 11.3 Å². The van der Waals surface area contributed by atoms with Gasteiger partial charge in [0.2, 0.25) is 11.7 Å². The number of hydrogen-bond acceptors (Lipinski definition) is 7. The van der Waals surface area contributed by atoms with Crippen LogP contribution in [0.3, 0.4) is 0 Å². The van der Waals surface area contributed by atoms with Gasteiger partial charge >= 0.3 is 0 Å². The summed E-state index contributed by atoms with van der Waals surface area (Å²) in [7, 11) is 5.05. The first-order valence-electron chi connectivity index (χ1n) is 14.1. The van der Waals surface area contributed by atoms with Crippen molar-refractivity contribution in [2.24, 2.45) is 0 Å². The fraction of sp³-hybridized carbons (Fsp3) is 0.333. The fourth-order valence-electron chi connectivity index (χ4n) is 5.73. The van der Waals surface area contributed by atoms with Crippen molar-refractivity contribution in [2.45, 2.75) is 38.4 Å². The maximum atomic E-state index is 14.8. The lowest BCUT2D eigenvalue weighted by atomic mass is 9.95. The smallest absolute Gasteiger partial charge is 0.242 e. The summed E-state index contributed by atoms with van der Waals surface area (Å²) < 4.78 is 25.5. The summed E-state index contributed by atoms with van der Waals surface area (Å²) >= 11 is 0. The molecule has 3 N–H and O–H groups in total. The number of benzene rings is 2. The van der Waals surface area contributed by atoms with Gasteiger partial charge in [0.1, 0.15) is 11.9 Å². The second-order valence-electron chi connectivity index (χ2n) is 10.8. The molecule has 0 spiro atoms. The monoisotopic (exact) mass is 572 g/mol. The van der Waals surface area contributed by atoms with Crippen LogP contribution in [0.4, 0.5) is 4.39 Å². The van der Waals surface area contributed by atoms with Gasteiger partial charge in [0.25, 0.3) is 0 Å². The number of amides is 1. The van der Waals surface area contributed by atoms with Crippen LogP contribution in [-0.4, -0.2) is 67.3 Å². The number of allylic oxidation sites excluding steroid dienone is 2. The third-order valence-corrected chi connectivity index (χ3v) is 8.02. The zero-order valence-corrected chi connectivity index (χ0v) is 24.4. The lowest BCUT2D eigenvalue weighted by Crippen LogP contribution is -2.51. The van der Waals surface area contributed by atoms with Gasteiger partial charge in [0.15, 0.2) is 11.5 Å². The Kier molecular flexibility index (Phi) is 8.89. The molecule has 1 aromatic heterocycles. The first-order valence-corrected chi connectivity index (χ1v) is 14.1. The van der Waals surface area contributed by atoms with Crippen molar-refractivity contribution < 1.29 is 23.8 Å². The molecule has 42 heavy (non-hydrogen) atoms. The van der Waals surface area contributed by atoms with Crippen molar-refractivity contribution in [3.8, 4) is 17.2 Å². The van der Waals surface area contributed by atoms with Crippen LogP contribution in [0.15, 0.2) is 60.3 Å². The zero-order valence-electron chi connectivity index (χ0n) is 24.4. The Bertz CT molecular complexity index is 1490. The lowest BCUT2D eigenvalue weighted by Gasteiger charge is -2.33. The molecular formula is C33H37FN4O4. The van der Waals surface area contributed by atoms with Crippen molar-refractivity contribution >= 4 is 23.1 Å². The Morgan fingerprint density at radius 2 is 1.83 bits per heavy atom. The molecule has 5 rings (SSSR count). The molecule has 9 heteroatoms. The largest absolute Gasteiger partial charge is 0.502 e. The Hall–Kier alpha value is -4.21. The van der Waals surface area contributed by atoms with Crippen LogP contribution in [0.2, 0.25) is 0 Å². The number of pyridine rings is 1. The highest BCUT2D eigenvalue weighted by molar-refractivity contribution is 6.11. The Morgan fingerprint density at radius 3 is 2.48 bits per heavy atom. The van der Waals surface area contributed by atoms with E-state index in [1.54, 1.807) is 24.4 Å². The number of carbonyl (C=O) groups is 1. The highest BCUT2D eigenvalue weighted by atomic mass is 19.1. The van der Waals surface area contributed by atoms with Gasteiger partial charge in [-0.3, -0.25) is 15.1 Å². The average Bonchev–Trinajstić information content (AvgIpc) is 3.26. The number of phenols is 1. The lowest BCUT2D eigenvalue weighted by molar-refractivity contribution is -0.122. The number of likely N-dealkylation sites (tertiary alicyclic amines) is 1. The highest BCUT2D eigenvalue weighted by Gasteiger charge is 2.35. The number of nitrogens with zero attached hydrogens (tertiary/aromatic N) is 2. The highest BCUT2D eigenvalue weighted by Crippen LogP contribution is 2.45. The topological polar surface area (TPSA) is 96.0 Å². The number of methoxy groups -OCH3 is 2. The third-order valence-electron chi connectivity index (χ3n) is 8.02. The maximum absolute atomic E-state index is 14.8. The number of hydrogen-bond donors (Lipinski definition) is 3. The van der Waals surface area contributed by atoms with E-state index in [4.69, 9.17) is 9.47 Å². The first kappa shape index (κ1) is 29.3. The molecule has 8 nitrogen and oxygen atoms in total. The molecule has 0 bridgehead atoms. The predicted octanol–water partition coefficient (Wildman–Crippen LogP) is 4.64. The van der Waals surface area contributed by atoms with Gasteiger partial charge in [-0.25, -0.2) is 4.39 Å². The summed E-state index contributed by atoms with van der Waals surface area (Å²) in [4.78, 5) is 20.5. The van der Waals surface area contributed by atoms with E-state index in [9.17, 15) is 14.3 Å². The minimum atomic E-state index is -0.711. The molecule has 1 atom stereocenters. The van der Waals surface area contributed by atoms with E-state index < -0.39 is 6.04 Å². The number of nitrogens with one attached hydrogen (secondary N) is 2. The van der Waals surface area contributed by atoms with Crippen molar-refractivity contribution in [2.75, 3.05) is 34.4 Å². The van der Waals surface area contributed by atoms with Crippen LogP contribution < -0.4 is 20.1 Å². The third kappa shape index (κ3) is 6.17. The van der Waals surface area contributed by atoms with Crippen LogP contribution in [0.25, 0.3) is 17.2 Å². The van der Waals surface area contributed by atoms with Gasteiger partial charge in [-0.1, -0.05) is 12.1 Å². The van der Waals surface area contributed by atoms with Gasteiger partial charge in [-0.05, 0) is 116 Å². The van der Waals surface area contributed by atoms with Gasteiger partial charge in [0.05, 0.1) is 26.5 Å². The SMILES string of the molecule is COc1cc(C=C2C(C)=C(C(NC3CCN(C)CC3)C(=O)NCc3ccccn3)c3cc(F)ccc32)cc(OC)c1O. The van der Waals surface area contributed by atoms with E-state index in [2.05, 4.69) is 27.6 Å². The van der Waals surface area contributed by atoms with E-state index >= 15 is 0 Å². The van der Waals surface area contributed by atoms with E-state index in [0.717, 1.165) is 59.5 Å². The summed E-state index contributed by atoms with van der Waals surface area (Å²) in [6.07, 6.45) is 5.45. The molecule has 1 saturated heterocycles. The number of carbonyl (C=O) groups excluding carboxylic acids is 1. The molecule has 1 unspecified atom stereocenters. The van der Waals surface area contributed by atoms with E-state index in [1.165, 1.54) is 26.4 Å².